The average Bonchev–Trinajstić information content (AvgIpc) is 3.34. The van der Waals surface area contributed by atoms with Gasteiger partial charge in [-0.3, -0.25) is 4.79 Å². The third-order valence-corrected chi connectivity index (χ3v) is 6.73. The number of nitrogens with one attached hydrogen (secondary N) is 1. The van der Waals surface area contributed by atoms with Gasteiger partial charge in [-0.05, 0) is 59.2 Å². The molecule has 0 spiro atoms. The van der Waals surface area contributed by atoms with Crippen molar-refractivity contribution in [2.24, 2.45) is 5.92 Å². The summed E-state index contributed by atoms with van der Waals surface area (Å²) in [5.74, 6) is -0.337. The number of rotatable bonds is 6. The van der Waals surface area contributed by atoms with E-state index in [9.17, 15) is 13.2 Å². The van der Waals surface area contributed by atoms with Crippen molar-refractivity contribution in [3.8, 4) is 5.69 Å². The van der Waals surface area contributed by atoms with Gasteiger partial charge in [-0.1, -0.05) is 30.3 Å². The molecule has 0 atom stereocenters. The monoisotopic (exact) mass is 438 g/mol. The molecule has 0 saturated carbocycles. The van der Waals surface area contributed by atoms with Crippen molar-refractivity contribution in [1.82, 2.24) is 24.5 Å². The van der Waals surface area contributed by atoms with Gasteiger partial charge in [0.25, 0.3) is 0 Å². The lowest BCUT2D eigenvalue weighted by Gasteiger charge is -2.29. The van der Waals surface area contributed by atoms with Gasteiger partial charge in [0.15, 0.2) is 0 Å². The Bertz CT molecular complexity index is 1140. The van der Waals surface area contributed by atoms with Crippen LogP contribution in [0.3, 0.4) is 0 Å². The Kier molecular flexibility index (Phi) is 6.19. The summed E-state index contributed by atoms with van der Waals surface area (Å²) in [6.45, 7) is 0.634. The third kappa shape index (κ3) is 5.22. The summed E-state index contributed by atoms with van der Waals surface area (Å²) in [4.78, 5) is 12.6. The number of nitrogens with zero attached hydrogens (tertiary/aromatic N) is 5. The SMILES string of the molecule is O=C(Nc1ccc(-n2cnnn2)cc1)C1CCN(S(=O)(=O)C=Cc2ccccc2)CC1. The first-order chi connectivity index (χ1) is 15.0. The molecule has 0 radical (unpaired) electrons. The Hall–Kier alpha value is -3.37. The fraction of sp³-hybridized carbons (Fsp3) is 0.238. The van der Waals surface area contributed by atoms with Crippen LogP contribution in [0.15, 0.2) is 66.3 Å². The lowest BCUT2D eigenvalue weighted by Crippen LogP contribution is -2.40. The summed E-state index contributed by atoms with van der Waals surface area (Å²) in [6.07, 6.45) is 4.04. The van der Waals surface area contributed by atoms with E-state index < -0.39 is 10.0 Å². The molecule has 4 rings (SSSR count). The van der Waals surface area contributed by atoms with Gasteiger partial charge in [-0.25, -0.2) is 13.1 Å². The van der Waals surface area contributed by atoms with Crippen molar-refractivity contribution in [3.63, 3.8) is 0 Å². The molecule has 1 fully saturated rings. The van der Waals surface area contributed by atoms with Crippen LogP contribution in [0.5, 0.6) is 0 Å². The smallest absolute Gasteiger partial charge is 0.236 e. The van der Waals surface area contributed by atoms with Gasteiger partial charge < -0.3 is 5.32 Å². The molecule has 1 saturated heterocycles. The van der Waals surface area contributed by atoms with Crippen LogP contribution >= 0.6 is 0 Å². The van der Waals surface area contributed by atoms with Crippen LogP contribution in [0.1, 0.15) is 18.4 Å². The zero-order chi connectivity index (χ0) is 21.7. The maximum atomic E-state index is 12.6. The average molecular weight is 439 g/mol. The van der Waals surface area contributed by atoms with Crippen LogP contribution in [0.4, 0.5) is 5.69 Å². The van der Waals surface area contributed by atoms with Crippen LogP contribution < -0.4 is 5.32 Å². The Morgan fingerprint density at radius 3 is 2.39 bits per heavy atom. The van der Waals surface area contributed by atoms with Crippen molar-refractivity contribution < 1.29 is 13.2 Å². The Balaban J connectivity index is 1.31. The highest BCUT2D eigenvalue weighted by atomic mass is 32.2. The summed E-state index contributed by atoms with van der Waals surface area (Å²) >= 11 is 0. The Morgan fingerprint density at radius 1 is 1.03 bits per heavy atom. The number of anilines is 1. The lowest BCUT2D eigenvalue weighted by atomic mass is 9.97. The Morgan fingerprint density at radius 2 is 1.74 bits per heavy atom. The molecule has 0 aliphatic carbocycles. The fourth-order valence-electron chi connectivity index (χ4n) is 3.41. The number of amides is 1. The van der Waals surface area contributed by atoms with Crippen LogP contribution in [0, 0.1) is 5.92 Å². The van der Waals surface area contributed by atoms with Gasteiger partial charge in [0, 0.05) is 30.1 Å². The predicted octanol–water partition coefficient (Wildman–Crippen LogP) is 2.31. The zero-order valence-electron chi connectivity index (χ0n) is 16.7. The van der Waals surface area contributed by atoms with Gasteiger partial charge in [-0.2, -0.15) is 4.31 Å². The molecule has 31 heavy (non-hydrogen) atoms. The molecule has 0 bridgehead atoms. The van der Waals surface area contributed by atoms with E-state index in [1.54, 1.807) is 30.3 Å². The van der Waals surface area contributed by atoms with Crippen molar-refractivity contribution in [1.29, 1.82) is 0 Å². The van der Waals surface area contributed by atoms with Gasteiger partial charge in [0.1, 0.15) is 6.33 Å². The molecule has 160 valence electrons. The first-order valence-electron chi connectivity index (χ1n) is 9.89. The summed E-state index contributed by atoms with van der Waals surface area (Å²) in [5, 5.41) is 15.1. The summed E-state index contributed by atoms with van der Waals surface area (Å²) in [5.41, 5.74) is 2.28. The minimum atomic E-state index is -3.51. The van der Waals surface area contributed by atoms with Gasteiger partial charge in [-0.15, -0.1) is 5.10 Å². The molecule has 2 heterocycles. The number of aromatic nitrogens is 4. The molecule has 1 N–H and O–H groups in total. The number of benzene rings is 2. The molecular weight excluding hydrogens is 416 g/mol. The minimum absolute atomic E-state index is 0.105. The predicted molar refractivity (Wildman–Crippen MR) is 116 cm³/mol. The number of carbonyl (C=O) groups is 1. The first-order valence-corrected chi connectivity index (χ1v) is 11.4. The van der Waals surface area contributed by atoms with E-state index in [1.807, 2.05) is 30.3 Å². The fourth-order valence-corrected chi connectivity index (χ4v) is 4.63. The van der Waals surface area contributed by atoms with E-state index in [2.05, 4.69) is 20.8 Å². The second-order valence-electron chi connectivity index (χ2n) is 7.22. The Labute approximate surface area is 180 Å². The highest BCUT2D eigenvalue weighted by Crippen LogP contribution is 2.23. The minimum Gasteiger partial charge on any atom is -0.326 e. The summed E-state index contributed by atoms with van der Waals surface area (Å²) in [6, 6.07) is 16.5. The highest BCUT2D eigenvalue weighted by molar-refractivity contribution is 7.92. The molecule has 3 aromatic rings. The summed E-state index contributed by atoms with van der Waals surface area (Å²) in [7, 11) is -3.51. The van der Waals surface area contributed by atoms with Crippen molar-refractivity contribution in [2.75, 3.05) is 18.4 Å². The van der Waals surface area contributed by atoms with Gasteiger partial charge in [0.2, 0.25) is 15.9 Å². The molecule has 9 nitrogen and oxygen atoms in total. The topological polar surface area (TPSA) is 110 Å². The van der Waals surface area contributed by atoms with Gasteiger partial charge in [0.05, 0.1) is 5.69 Å². The zero-order valence-corrected chi connectivity index (χ0v) is 17.5. The molecule has 1 amide bonds. The van der Waals surface area contributed by atoms with Crippen LogP contribution in [-0.4, -0.2) is 51.9 Å². The van der Waals surface area contributed by atoms with E-state index in [1.165, 1.54) is 20.7 Å². The number of carbonyl (C=O) groups excluding carboxylic acids is 1. The van der Waals surface area contributed by atoms with Crippen molar-refractivity contribution >= 4 is 27.7 Å². The molecule has 2 aromatic carbocycles. The molecule has 1 aliphatic rings. The van der Waals surface area contributed by atoms with E-state index in [4.69, 9.17) is 0 Å². The molecule has 0 unspecified atom stereocenters. The number of sulfonamides is 1. The van der Waals surface area contributed by atoms with Crippen LogP contribution in [-0.2, 0) is 14.8 Å². The van der Waals surface area contributed by atoms with E-state index >= 15 is 0 Å². The quantitative estimate of drug-likeness (QED) is 0.632. The maximum Gasteiger partial charge on any atom is 0.236 e. The number of tetrazole rings is 1. The molecule has 1 aliphatic heterocycles. The lowest BCUT2D eigenvalue weighted by molar-refractivity contribution is -0.120. The van der Waals surface area contributed by atoms with E-state index in [-0.39, 0.29) is 11.8 Å². The number of hydrogen-bond donors (Lipinski definition) is 1. The second kappa shape index (κ2) is 9.19. The first kappa shape index (κ1) is 20.9. The van der Waals surface area contributed by atoms with E-state index in [0.717, 1.165) is 11.3 Å². The third-order valence-electron chi connectivity index (χ3n) is 5.17. The van der Waals surface area contributed by atoms with Crippen molar-refractivity contribution in [3.05, 3.63) is 71.9 Å². The van der Waals surface area contributed by atoms with Crippen LogP contribution in [0.2, 0.25) is 0 Å². The largest absolute Gasteiger partial charge is 0.326 e. The van der Waals surface area contributed by atoms with Crippen molar-refractivity contribution in [2.45, 2.75) is 12.8 Å². The maximum absolute atomic E-state index is 12.6. The van der Waals surface area contributed by atoms with E-state index in [0.29, 0.717) is 31.6 Å². The normalized spacial score (nSPS) is 15.9. The molecule has 10 heteroatoms. The standard InChI is InChI=1S/C21H22N6O3S/c28-21(23-19-6-8-20(9-7-19)27-16-22-24-25-27)18-10-13-26(14-11-18)31(29,30)15-12-17-4-2-1-3-5-17/h1-9,12,15-16,18H,10-11,13-14H2,(H,23,28). The van der Waals surface area contributed by atoms with Crippen LogP contribution in [0.25, 0.3) is 11.8 Å². The second-order valence-corrected chi connectivity index (χ2v) is 9.04. The number of piperidine rings is 1. The molecule has 1 aromatic heterocycles. The highest BCUT2D eigenvalue weighted by Gasteiger charge is 2.30. The number of hydrogen-bond acceptors (Lipinski definition) is 6. The summed E-state index contributed by atoms with van der Waals surface area (Å²) < 4.78 is 28.1. The molecular formula is C21H22N6O3S. The van der Waals surface area contributed by atoms with Gasteiger partial charge >= 0.3 is 0 Å².